The molecule has 0 atom stereocenters. The first-order chi connectivity index (χ1) is 10.0. The van der Waals surface area contributed by atoms with Crippen molar-refractivity contribution in [3.63, 3.8) is 0 Å². The molecule has 21 heavy (non-hydrogen) atoms. The highest BCUT2D eigenvalue weighted by molar-refractivity contribution is 5.62. The molecule has 6 nitrogen and oxygen atoms in total. The van der Waals surface area contributed by atoms with E-state index in [1.54, 1.807) is 6.07 Å². The van der Waals surface area contributed by atoms with Crippen LogP contribution in [0.15, 0.2) is 12.1 Å². The lowest BCUT2D eigenvalue weighted by molar-refractivity contribution is -0.384. The molecular formula is C15H26N4O2. The van der Waals surface area contributed by atoms with Gasteiger partial charge in [0.15, 0.2) is 0 Å². The van der Waals surface area contributed by atoms with E-state index in [4.69, 9.17) is 0 Å². The molecule has 0 radical (unpaired) electrons. The number of nitro groups is 1. The maximum Gasteiger partial charge on any atom is 0.311 e. The van der Waals surface area contributed by atoms with E-state index in [0.717, 1.165) is 32.4 Å². The van der Waals surface area contributed by atoms with Crippen molar-refractivity contribution in [3.05, 3.63) is 22.2 Å². The molecule has 1 aromatic rings. The normalized spacial score (nSPS) is 10.7. The molecule has 1 aromatic heterocycles. The summed E-state index contributed by atoms with van der Waals surface area (Å²) in [6.45, 7) is 9.72. The van der Waals surface area contributed by atoms with Crippen LogP contribution in [0.2, 0.25) is 0 Å². The summed E-state index contributed by atoms with van der Waals surface area (Å²) in [5.41, 5.74) is 0.0712. The van der Waals surface area contributed by atoms with Gasteiger partial charge < -0.3 is 10.2 Å². The summed E-state index contributed by atoms with van der Waals surface area (Å²) < 4.78 is 0. The first-order valence-corrected chi connectivity index (χ1v) is 7.67. The van der Waals surface area contributed by atoms with Gasteiger partial charge >= 0.3 is 5.69 Å². The number of aromatic nitrogens is 1. The van der Waals surface area contributed by atoms with Gasteiger partial charge in [0.2, 0.25) is 5.82 Å². The molecule has 0 bridgehead atoms. The quantitative estimate of drug-likeness (QED) is 0.426. The van der Waals surface area contributed by atoms with Crippen LogP contribution in [0, 0.1) is 10.1 Å². The van der Waals surface area contributed by atoms with Crippen molar-refractivity contribution in [2.45, 2.75) is 53.0 Å². The van der Waals surface area contributed by atoms with Crippen molar-refractivity contribution in [2.75, 3.05) is 23.3 Å². The summed E-state index contributed by atoms with van der Waals surface area (Å²) in [5, 5.41) is 14.4. The maximum absolute atomic E-state index is 11.3. The Kier molecular flexibility index (Phi) is 6.91. The van der Waals surface area contributed by atoms with Crippen molar-refractivity contribution in [3.8, 4) is 0 Å². The summed E-state index contributed by atoms with van der Waals surface area (Å²) in [6, 6.07) is 3.37. The van der Waals surface area contributed by atoms with Crippen LogP contribution in [0.5, 0.6) is 0 Å². The second-order valence-corrected chi connectivity index (χ2v) is 5.32. The first kappa shape index (κ1) is 17.2. The topological polar surface area (TPSA) is 71.3 Å². The van der Waals surface area contributed by atoms with Gasteiger partial charge in [-0.15, -0.1) is 0 Å². The predicted octanol–water partition coefficient (Wildman–Crippen LogP) is 3.83. The fourth-order valence-corrected chi connectivity index (χ4v) is 2.22. The zero-order valence-electron chi connectivity index (χ0n) is 13.4. The van der Waals surface area contributed by atoms with Crippen LogP contribution in [0.3, 0.4) is 0 Å². The summed E-state index contributed by atoms with van der Waals surface area (Å²) in [6.07, 6.45) is 3.25. The lowest BCUT2D eigenvalue weighted by Gasteiger charge is -2.27. The first-order valence-electron chi connectivity index (χ1n) is 7.67. The van der Waals surface area contributed by atoms with E-state index in [9.17, 15) is 10.1 Å². The smallest absolute Gasteiger partial charge is 0.311 e. The van der Waals surface area contributed by atoms with Crippen LogP contribution in [-0.4, -0.2) is 29.0 Å². The lowest BCUT2D eigenvalue weighted by atomic mass is 10.2. The average Bonchev–Trinajstić information content (AvgIpc) is 2.43. The van der Waals surface area contributed by atoms with Gasteiger partial charge in [-0.2, -0.15) is 0 Å². The molecule has 1 heterocycles. The molecule has 0 aliphatic rings. The minimum Gasteiger partial charge on any atom is -0.370 e. The van der Waals surface area contributed by atoms with E-state index in [1.807, 2.05) is 25.7 Å². The molecule has 1 rings (SSSR count). The fourth-order valence-electron chi connectivity index (χ4n) is 2.22. The molecule has 0 aliphatic heterocycles. The van der Waals surface area contributed by atoms with Gasteiger partial charge in [-0.25, -0.2) is 4.98 Å². The van der Waals surface area contributed by atoms with Gasteiger partial charge in [-0.3, -0.25) is 10.1 Å². The van der Waals surface area contributed by atoms with Gasteiger partial charge in [0.25, 0.3) is 0 Å². The van der Waals surface area contributed by atoms with E-state index in [0.29, 0.717) is 11.6 Å². The van der Waals surface area contributed by atoms with E-state index in [1.165, 1.54) is 6.07 Å². The van der Waals surface area contributed by atoms with Crippen molar-refractivity contribution in [2.24, 2.45) is 0 Å². The zero-order valence-corrected chi connectivity index (χ0v) is 13.4. The Hall–Kier alpha value is -1.85. The number of rotatable bonds is 9. The molecule has 6 heteroatoms. The third-order valence-corrected chi connectivity index (χ3v) is 3.31. The second kappa shape index (κ2) is 8.44. The van der Waals surface area contributed by atoms with E-state index >= 15 is 0 Å². The third-order valence-electron chi connectivity index (χ3n) is 3.31. The van der Waals surface area contributed by atoms with Crippen LogP contribution in [0.1, 0.15) is 47.0 Å². The molecule has 0 saturated carbocycles. The summed E-state index contributed by atoms with van der Waals surface area (Å²) in [7, 11) is 0. The molecule has 0 amide bonds. The second-order valence-electron chi connectivity index (χ2n) is 5.32. The highest BCUT2D eigenvalue weighted by Crippen LogP contribution is 2.29. The summed E-state index contributed by atoms with van der Waals surface area (Å²) >= 11 is 0. The molecule has 0 aliphatic carbocycles. The van der Waals surface area contributed by atoms with Gasteiger partial charge in [0, 0.05) is 25.2 Å². The molecule has 1 N–H and O–H groups in total. The van der Waals surface area contributed by atoms with Crippen LogP contribution in [0.4, 0.5) is 17.3 Å². The predicted molar refractivity (Wildman–Crippen MR) is 87.1 cm³/mol. The fraction of sp³-hybridized carbons (Fsp3) is 0.667. The number of anilines is 2. The van der Waals surface area contributed by atoms with E-state index < -0.39 is 0 Å². The highest BCUT2D eigenvalue weighted by atomic mass is 16.6. The summed E-state index contributed by atoms with van der Waals surface area (Å²) in [5.74, 6) is 1.14. The minimum atomic E-state index is -0.354. The SMILES string of the molecule is CCCCCN(c1nc(NCC)ccc1[N+](=O)[O-])C(C)C. The van der Waals surface area contributed by atoms with Crippen LogP contribution < -0.4 is 10.2 Å². The van der Waals surface area contributed by atoms with Gasteiger partial charge in [0.1, 0.15) is 5.82 Å². The molecule has 0 saturated heterocycles. The largest absolute Gasteiger partial charge is 0.370 e. The van der Waals surface area contributed by atoms with Crippen LogP contribution >= 0.6 is 0 Å². The van der Waals surface area contributed by atoms with Gasteiger partial charge in [-0.05, 0) is 33.3 Å². The van der Waals surface area contributed by atoms with Crippen molar-refractivity contribution in [1.29, 1.82) is 0 Å². The van der Waals surface area contributed by atoms with Crippen molar-refractivity contribution < 1.29 is 4.92 Å². The summed E-state index contributed by atoms with van der Waals surface area (Å²) in [4.78, 5) is 17.4. The Morgan fingerprint density at radius 2 is 2.05 bits per heavy atom. The number of nitrogens with one attached hydrogen (secondary N) is 1. The number of hydrogen-bond acceptors (Lipinski definition) is 5. The standard InChI is InChI=1S/C15H26N4O2/c1-5-7-8-11-18(12(3)4)15-13(19(20)21)9-10-14(17-15)16-6-2/h9-10,12H,5-8,11H2,1-4H3,(H,16,17). The molecule has 0 spiro atoms. The monoisotopic (exact) mass is 294 g/mol. The molecule has 0 fully saturated rings. The number of hydrogen-bond donors (Lipinski definition) is 1. The Bertz CT molecular complexity index is 463. The number of pyridine rings is 1. The van der Waals surface area contributed by atoms with Crippen LogP contribution in [0.25, 0.3) is 0 Å². The van der Waals surface area contributed by atoms with Crippen LogP contribution in [-0.2, 0) is 0 Å². The van der Waals surface area contributed by atoms with Crippen molar-refractivity contribution in [1.82, 2.24) is 4.98 Å². The number of nitrogens with zero attached hydrogens (tertiary/aromatic N) is 3. The molecular weight excluding hydrogens is 268 g/mol. The highest BCUT2D eigenvalue weighted by Gasteiger charge is 2.23. The lowest BCUT2D eigenvalue weighted by Crippen LogP contribution is -2.33. The van der Waals surface area contributed by atoms with Crippen molar-refractivity contribution >= 4 is 17.3 Å². The number of unbranched alkanes of at least 4 members (excludes halogenated alkanes) is 2. The van der Waals surface area contributed by atoms with Gasteiger partial charge in [-0.1, -0.05) is 19.8 Å². The Labute approximate surface area is 126 Å². The van der Waals surface area contributed by atoms with E-state index in [-0.39, 0.29) is 16.7 Å². The zero-order chi connectivity index (χ0) is 15.8. The third kappa shape index (κ3) is 4.88. The Morgan fingerprint density at radius 1 is 1.33 bits per heavy atom. The Morgan fingerprint density at radius 3 is 2.57 bits per heavy atom. The average molecular weight is 294 g/mol. The molecule has 118 valence electrons. The molecule has 0 aromatic carbocycles. The van der Waals surface area contributed by atoms with Gasteiger partial charge in [0.05, 0.1) is 4.92 Å². The maximum atomic E-state index is 11.3. The Balaban J connectivity index is 3.12. The van der Waals surface area contributed by atoms with E-state index in [2.05, 4.69) is 17.2 Å². The minimum absolute atomic E-state index is 0.0712. The molecule has 0 unspecified atom stereocenters.